The Balaban J connectivity index is 0.00000612. The van der Waals surface area contributed by atoms with Crippen LogP contribution in [-0.2, 0) is 45.2 Å². The molecule has 0 saturated carbocycles. The van der Waals surface area contributed by atoms with Gasteiger partial charge in [0.25, 0.3) is 15.6 Å². The number of rotatable bonds is 10. The number of aliphatic hydroxyl groups is 2. The fourth-order valence-electron chi connectivity index (χ4n) is 2.54. The molecule has 6 N–H and O–H groups in total. The molecule has 0 bridgehead atoms. The summed E-state index contributed by atoms with van der Waals surface area (Å²) in [4.78, 5) is 71.9. The van der Waals surface area contributed by atoms with Gasteiger partial charge in [0.2, 0.25) is 5.91 Å². The van der Waals surface area contributed by atoms with Crippen molar-refractivity contribution in [2.45, 2.75) is 29.4 Å². The molecule has 2 fully saturated rings. The molecule has 198 valence electrons. The average molecular weight is 689 g/mol. The minimum atomic E-state index is -6.13. The Bertz CT molecular complexity index is 1010. The van der Waals surface area contributed by atoms with Gasteiger partial charge in [-0.25, -0.2) is 22.5 Å². The molecule has 0 aromatic carbocycles. The number of halogens is 1. The monoisotopic (exact) mass is 688 g/mol. The van der Waals surface area contributed by atoms with Crippen LogP contribution >= 0.6 is 47.2 Å². The summed E-state index contributed by atoms with van der Waals surface area (Å²) in [5.41, 5.74) is 0. The Kier molecular flexibility index (Phi) is 14.9. The summed E-state index contributed by atoms with van der Waals surface area (Å²) in [7, 11) is -24.1. The third-order valence-corrected chi connectivity index (χ3v) is 9.89. The average Bonchev–Trinajstić information content (AvgIpc) is 2.87. The topological polar surface area (TPSA) is 311 Å². The SMILES string of the molecule is O=C1NC(=O)N(C2OC(COP(=O)([O-])OP(=O)(O)OP(=O)(O)OP(=O)([O-])O)C(O)C2O)CC1Br.[Na+].[Na+]. The molecule has 9 unspecified atom stereocenters. The summed E-state index contributed by atoms with van der Waals surface area (Å²) >= 11 is 2.96. The third-order valence-electron chi connectivity index (χ3n) is 3.79. The Labute approximate surface area is 253 Å². The van der Waals surface area contributed by atoms with Gasteiger partial charge < -0.3 is 43.9 Å². The zero-order valence-electron chi connectivity index (χ0n) is 18.0. The minimum Gasteiger partial charge on any atom is -0.756 e. The number of nitrogens with zero attached hydrogens (tertiary/aromatic N) is 1. The number of nitrogens with one attached hydrogen (secondary N) is 1. The maximum atomic E-state index is 11.9. The summed E-state index contributed by atoms with van der Waals surface area (Å²) in [6.07, 6.45) is -7.00. The molecule has 0 aromatic rings. The predicted octanol–water partition coefficient (Wildman–Crippen LogP) is -9.05. The summed E-state index contributed by atoms with van der Waals surface area (Å²) < 4.78 is 64.3. The van der Waals surface area contributed by atoms with Gasteiger partial charge in [0.05, 0.1) is 6.61 Å². The van der Waals surface area contributed by atoms with Crippen LogP contribution in [0, 0.1) is 0 Å². The second kappa shape index (κ2) is 14.2. The molecule has 2 rings (SSSR count). The zero-order chi connectivity index (χ0) is 26.3. The summed E-state index contributed by atoms with van der Waals surface area (Å²) in [5.74, 6) is -0.691. The van der Waals surface area contributed by atoms with Crippen molar-refractivity contribution in [3.63, 3.8) is 0 Å². The Hall–Kier alpha value is 1.86. The van der Waals surface area contributed by atoms with Crippen molar-refractivity contribution in [1.29, 1.82) is 0 Å². The van der Waals surface area contributed by atoms with E-state index in [1.807, 2.05) is 5.32 Å². The van der Waals surface area contributed by atoms with Gasteiger partial charge in [-0.05, 0) is 0 Å². The zero-order valence-corrected chi connectivity index (χ0v) is 27.1. The van der Waals surface area contributed by atoms with Crippen LogP contribution in [0.3, 0.4) is 0 Å². The third kappa shape index (κ3) is 11.4. The van der Waals surface area contributed by atoms with Gasteiger partial charge in [0.1, 0.15) is 23.1 Å². The molecule has 0 aliphatic carbocycles. The Morgan fingerprint density at radius 3 is 2.06 bits per heavy atom. The van der Waals surface area contributed by atoms with Gasteiger partial charge in [0.15, 0.2) is 6.23 Å². The molecule has 2 aliphatic heterocycles. The molecule has 2 saturated heterocycles. The number of imide groups is 1. The van der Waals surface area contributed by atoms with E-state index < -0.39 is 79.2 Å². The van der Waals surface area contributed by atoms with Gasteiger partial charge in [0, 0.05) is 6.54 Å². The smallest absolute Gasteiger partial charge is 0.756 e. The van der Waals surface area contributed by atoms with Crippen molar-refractivity contribution in [2.75, 3.05) is 13.2 Å². The number of ether oxygens (including phenoxy) is 1. The van der Waals surface area contributed by atoms with E-state index in [1.165, 1.54) is 0 Å². The van der Waals surface area contributed by atoms with E-state index >= 15 is 0 Å². The van der Waals surface area contributed by atoms with Gasteiger partial charge in [-0.2, -0.15) is 4.31 Å². The fraction of sp³-hybridized carbons (Fsp3) is 0.778. The van der Waals surface area contributed by atoms with Crippen molar-refractivity contribution in [1.82, 2.24) is 10.2 Å². The number of carbonyl (C=O) groups is 2. The number of alkyl halides is 1. The predicted molar refractivity (Wildman–Crippen MR) is 99.9 cm³/mol. The van der Waals surface area contributed by atoms with E-state index in [4.69, 9.17) is 14.5 Å². The van der Waals surface area contributed by atoms with Crippen LogP contribution in [0.4, 0.5) is 4.79 Å². The molecule has 36 heavy (non-hydrogen) atoms. The van der Waals surface area contributed by atoms with Crippen molar-refractivity contribution >= 4 is 59.2 Å². The van der Waals surface area contributed by atoms with Crippen molar-refractivity contribution < 1.29 is 144 Å². The summed E-state index contributed by atoms with van der Waals surface area (Å²) in [5, 5.41) is 22.1. The maximum absolute atomic E-state index is 11.9. The number of aliphatic hydroxyl groups excluding tert-OH is 2. The molecule has 9 atom stereocenters. The van der Waals surface area contributed by atoms with E-state index in [1.54, 1.807) is 0 Å². The molecule has 27 heteroatoms. The molecule has 3 amide bonds. The maximum Gasteiger partial charge on any atom is 1.00 e. The standard InChI is InChI=1S/C9H17BrN2O18P4.2Na/c10-3-1-12(9(16)11-7(3)15)8-6(14)5(13)4(27-8)2-26-32(20,21)29-34(24,25)30-33(22,23)28-31(17,18)19;;/h3-6,8,13-14H,1-2H2,(H,20,21)(H,22,23)(H,24,25)(H,11,15,16)(H2,17,18,19);;/q;2*+1/p-2. The first kappa shape index (κ1) is 37.9. The second-order valence-electron chi connectivity index (χ2n) is 6.35. The number of carbonyl (C=O) groups excluding carboxylic acids is 2. The minimum absolute atomic E-state index is 0. The number of hydrogen-bond donors (Lipinski definition) is 6. The quantitative estimate of drug-likeness (QED) is 0.0705. The van der Waals surface area contributed by atoms with Gasteiger partial charge in [-0.3, -0.25) is 24.1 Å². The van der Waals surface area contributed by atoms with E-state index in [0.29, 0.717) is 0 Å². The van der Waals surface area contributed by atoms with Crippen LogP contribution in [0.25, 0.3) is 0 Å². The fourth-order valence-corrected chi connectivity index (χ4v) is 7.36. The molecule has 2 aliphatic rings. The Morgan fingerprint density at radius 2 is 1.53 bits per heavy atom. The number of amides is 3. The first-order chi connectivity index (χ1) is 15.2. The van der Waals surface area contributed by atoms with Crippen molar-refractivity contribution in [2.24, 2.45) is 0 Å². The molecule has 20 nitrogen and oxygen atoms in total. The van der Waals surface area contributed by atoms with Gasteiger partial charge >= 0.3 is 80.8 Å². The van der Waals surface area contributed by atoms with E-state index in [2.05, 4.69) is 33.4 Å². The molecular formula is C9H15BrN2Na2O18P4. The number of phosphoric acid groups is 4. The largest absolute Gasteiger partial charge is 1.00 e. The van der Waals surface area contributed by atoms with Crippen molar-refractivity contribution in [3.05, 3.63) is 0 Å². The molecule has 0 spiro atoms. The number of hydrogen-bond acceptors (Lipinski definition) is 15. The van der Waals surface area contributed by atoms with Crippen LogP contribution in [0.1, 0.15) is 0 Å². The first-order valence-corrected chi connectivity index (χ1v) is 15.1. The molecule has 0 radical (unpaired) electrons. The summed E-state index contributed by atoms with van der Waals surface area (Å²) in [6.45, 7) is -1.52. The van der Waals surface area contributed by atoms with Gasteiger partial charge in [-0.15, -0.1) is 0 Å². The van der Waals surface area contributed by atoms with E-state index in [9.17, 15) is 52.7 Å². The normalized spacial score (nSPS) is 33.1. The second-order valence-corrected chi connectivity index (χ2v) is 13.4. The van der Waals surface area contributed by atoms with Crippen LogP contribution in [0.5, 0.6) is 0 Å². The van der Waals surface area contributed by atoms with Crippen LogP contribution < -0.4 is 74.2 Å². The van der Waals surface area contributed by atoms with Gasteiger partial charge in [-0.1, -0.05) is 15.9 Å². The van der Waals surface area contributed by atoms with Crippen LogP contribution in [-0.4, -0.2) is 84.3 Å². The summed E-state index contributed by atoms with van der Waals surface area (Å²) in [6, 6.07) is -1.00. The van der Waals surface area contributed by atoms with Crippen LogP contribution in [0.15, 0.2) is 0 Å². The van der Waals surface area contributed by atoms with Crippen molar-refractivity contribution in [3.8, 4) is 0 Å². The molecular weight excluding hydrogens is 674 g/mol. The van der Waals surface area contributed by atoms with Crippen LogP contribution in [0.2, 0.25) is 0 Å². The molecule has 0 aromatic heterocycles. The first-order valence-electron chi connectivity index (χ1n) is 8.28. The number of urea groups is 1. The number of phosphoric ester groups is 1. The Morgan fingerprint density at radius 1 is 1.00 bits per heavy atom. The van der Waals surface area contributed by atoms with E-state index in [-0.39, 0.29) is 65.7 Å². The van der Waals surface area contributed by atoms with E-state index in [0.717, 1.165) is 4.90 Å². The molecule has 2 heterocycles.